The zero-order valence-electron chi connectivity index (χ0n) is 11.6. The Kier molecular flexibility index (Phi) is 2.84. The first-order valence-electron chi connectivity index (χ1n) is 6.95. The second kappa shape index (κ2) is 4.64. The van der Waals surface area contributed by atoms with E-state index in [1.807, 2.05) is 0 Å². The molecule has 0 amide bonds. The van der Waals surface area contributed by atoms with Crippen molar-refractivity contribution >= 4 is 17.6 Å². The number of nitrogens with one attached hydrogen (secondary N) is 1. The van der Waals surface area contributed by atoms with Gasteiger partial charge >= 0.3 is 5.97 Å². The molecule has 1 aromatic carbocycles. The summed E-state index contributed by atoms with van der Waals surface area (Å²) in [6, 6.07) is 4.95. The molecule has 0 saturated heterocycles. The van der Waals surface area contributed by atoms with Gasteiger partial charge in [0.25, 0.3) is 0 Å². The predicted molar refractivity (Wildman–Crippen MR) is 78.7 cm³/mol. The summed E-state index contributed by atoms with van der Waals surface area (Å²) in [6.45, 7) is 1.23. The third-order valence-corrected chi connectivity index (χ3v) is 4.41. The van der Waals surface area contributed by atoms with Crippen molar-refractivity contribution in [2.24, 2.45) is 5.41 Å². The Balaban J connectivity index is 1.71. The molecule has 1 saturated carbocycles. The Labute approximate surface area is 131 Å². The number of halogens is 1. The third-order valence-electron chi connectivity index (χ3n) is 4.13. The van der Waals surface area contributed by atoms with Gasteiger partial charge < -0.3 is 14.6 Å². The molecular formula is C15H13ClN2O4. The van der Waals surface area contributed by atoms with Gasteiger partial charge in [-0.05, 0) is 31.0 Å². The summed E-state index contributed by atoms with van der Waals surface area (Å²) >= 11 is 6.29. The van der Waals surface area contributed by atoms with Crippen LogP contribution in [0.2, 0.25) is 5.02 Å². The zero-order valence-corrected chi connectivity index (χ0v) is 12.3. The summed E-state index contributed by atoms with van der Waals surface area (Å²) in [5.74, 6) is 0.0594. The van der Waals surface area contributed by atoms with E-state index in [9.17, 15) is 4.79 Å². The molecule has 2 heterocycles. The number of carboxylic acids is 1. The van der Waals surface area contributed by atoms with E-state index in [-0.39, 0.29) is 11.1 Å². The molecule has 1 aliphatic heterocycles. The van der Waals surface area contributed by atoms with Gasteiger partial charge in [-0.25, -0.2) is 4.79 Å². The van der Waals surface area contributed by atoms with Gasteiger partial charge in [-0.15, -0.1) is 0 Å². The quantitative estimate of drug-likeness (QED) is 0.888. The Bertz CT molecular complexity index is 767. The molecule has 1 aliphatic carbocycles. The van der Waals surface area contributed by atoms with E-state index in [1.54, 1.807) is 12.1 Å². The maximum absolute atomic E-state index is 10.9. The van der Waals surface area contributed by atoms with E-state index >= 15 is 0 Å². The number of aromatic carboxylic acids is 1. The van der Waals surface area contributed by atoms with Gasteiger partial charge in [-0.1, -0.05) is 11.6 Å². The van der Waals surface area contributed by atoms with Gasteiger partial charge in [0.1, 0.15) is 5.69 Å². The van der Waals surface area contributed by atoms with Crippen molar-refractivity contribution in [1.29, 1.82) is 0 Å². The molecule has 1 fully saturated rings. The second-order valence-electron chi connectivity index (χ2n) is 5.83. The van der Waals surface area contributed by atoms with Crippen LogP contribution in [0.25, 0.3) is 11.3 Å². The molecule has 6 nitrogen and oxygen atoms in total. The molecule has 0 atom stereocenters. The molecule has 1 spiro atoms. The summed E-state index contributed by atoms with van der Waals surface area (Å²) < 4.78 is 11.7. The van der Waals surface area contributed by atoms with Crippen molar-refractivity contribution in [2.45, 2.75) is 12.8 Å². The number of aromatic amines is 1. The first kappa shape index (κ1) is 13.5. The summed E-state index contributed by atoms with van der Waals surface area (Å²) in [7, 11) is 0. The number of ether oxygens (including phenoxy) is 2. The second-order valence-corrected chi connectivity index (χ2v) is 6.24. The average molecular weight is 321 g/mol. The summed E-state index contributed by atoms with van der Waals surface area (Å²) in [5, 5.41) is 15.9. The fourth-order valence-electron chi connectivity index (χ4n) is 2.51. The van der Waals surface area contributed by atoms with Crippen molar-refractivity contribution in [2.75, 3.05) is 13.2 Å². The number of aromatic nitrogens is 2. The van der Waals surface area contributed by atoms with E-state index in [2.05, 4.69) is 10.2 Å². The lowest BCUT2D eigenvalue weighted by molar-refractivity contribution is 0.0690. The van der Waals surface area contributed by atoms with Crippen molar-refractivity contribution in [3.63, 3.8) is 0 Å². The van der Waals surface area contributed by atoms with Crippen molar-refractivity contribution < 1.29 is 19.4 Å². The highest BCUT2D eigenvalue weighted by molar-refractivity contribution is 6.32. The number of rotatable bonds is 2. The molecule has 0 bridgehead atoms. The first-order chi connectivity index (χ1) is 10.6. The van der Waals surface area contributed by atoms with Crippen LogP contribution in [0.4, 0.5) is 0 Å². The number of fused-ring (bicyclic) bond motifs is 1. The lowest BCUT2D eigenvalue weighted by atomic mass is 10.1. The van der Waals surface area contributed by atoms with Crippen LogP contribution in [-0.4, -0.2) is 34.5 Å². The maximum atomic E-state index is 10.9. The van der Waals surface area contributed by atoms with Crippen LogP contribution in [0.1, 0.15) is 23.3 Å². The number of hydrogen-bond acceptors (Lipinski definition) is 4. The van der Waals surface area contributed by atoms with E-state index in [0.29, 0.717) is 41.0 Å². The highest BCUT2D eigenvalue weighted by Crippen LogP contribution is 2.50. The molecule has 2 N–H and O–H groups in total. The van der Waals surface area contributed by atoms with Gasteiger partial charge in [0.15, 0.2) is 11.5 Å². The Morgan fingerprint density at radius 1 is 1.27 bits per heavy atom. The SMILES string of the molecule is O=C(O)c1cc(-c2cc(Cl)c3c(c2)OCC2(CC2)CO3)n[nH]1. The van der Waals surface area contributed by atoms with Crippen LogP contribution in [0.3, 0.4) is 0 Å². The first-order valence-corrected chi connectivity index (χ1v) is 7.32. The van der Waals surface area contributed by atoms with Crippen LogP contribution in [0.5, 0.6) is 11.5 Å². The highest BCUT2D eigenvalue weighted by atomic mass is 35.5. The minimum Gasteiger partial charge on any atom is -0.489 e. The average Bonchev–Trinajstić information content (AvgIpc) is 3.13. The molecule has 22 heavy (non-hydrogen) atoms. The van der Waals surface area contributed by atoms with Crippen molar-refractivity contribution in [1.82, 2.24) is 10.2 Å². The number of carbonyl (C=O) groups is 1. The highest BCUT2D eigenvalue weighted by Gasteiger charge is 2.46. The molecule has 1 aromatic heterocycles. The number of nitrogens with zero attached hydrogens (tertiary/aromatic N) is 1. The number of hydrogen-bond donors (Lipinski definition) is 2. The monoisotopic (exact) mass is 320 g/mol. The molecule has 2 aromatic rings. The lowest BCUT2D eigenvalue weighted by Gasteiger charge is -2.10. The molecule has 7 heteroatoms. The zero-order chi connectivity index (χ0) is 15.3. The van der Waals surface area contributed by atoms with E-state index in [0.717, 1.165) is 12.8 Å². The predicted octanol–water partition coefficient (Wildman–Crippen LogP) is 2.98. The van der Waals surface area contributed by atoms with E-state index in [4.69, 9.17) is 26.2 Å². The number of carboxylic acid groups (broad SMARTS) is 1. The molecule has 0 unspecified atom stereocenters. The number of H-pyrrole nitrogens is 1. The molecule has 2 aliphatic rings. The summed E-state index contributed by atoms with van der Waals surface area (Å²) in [6.07, 6.45) is 2.21. The Morgan fingerprint density at radius 3 is 2.73 bits per heavy atom. The van der Waals surface area contributed by atoms with Gasteiger partial charge in [0, 0.05) is 11.0 Å². The molecular weight excluding hydrogens is 308 g/mol. The topological polar surface area (TPSA) is 84.4 Å². The van der Waals surface area contributed by atoms with Crippen LogP contribution in [-0.2, 0) is 0 Å². The fraction of sp³-hybridized carbons (Fsp3) is 0.333. The number of benzene rings is 1. The molecule has 0 radical (unpaired) electrons. The Morgan fingerprint density at radius 2 is 2.05 bits per heavy atom. The molecule has 4 rings (SSSR count). The maximum Gasteiger partial charge on any atom is 0.353 e. The fourth-order valence-corrected chi connectivity index (χ4v) is 2.77. The van der Waals surface area contributed by atoms with Crippen molar-refractivity contribution in [3.8, 4) is 22.8 Å². The van der Waals surface area contributed by atoms with Crippen molar-refractivity contribution in [3.05, 3.63) is 28.9 Å². The van der Waals surface area contributed by atoms with Gasteiger partial charge in [0.05, 0.1) is 23.9 Å². The molecule has 114 valence electrons. The normalized spacial score (nSPS) is 18.0. The summed E-state index contributed by atoms with van der Waals surface area (Å²) in [4.78, 5) is 10.9. The largest absolute Gasteiger partial charge is 0.489 e. The minimum atomic E-state index is -1.06. The van der Waals surface area contributed by atoms with Crippen LogP contribution in [0.15, 0.2) is 18.2 Å². The van der Waals surface area contributed by atoms with Crippen LogP contribution >= 0.6 is 11.6 Å². The van der Waals surface area contributed by atoms with E-state index in [1.165, 1.54) is 6.07 Å². The third kappa shape index (κ3) is 2.20. The Hall–Kier alpha value is -2.21. The summed E-state index contributed by atoms with van der Waals surface area (Å²) in [5.41, 5.74) is 1.33. The minimum absolute atomic E-state index is 0.0233. The van der Waals surface area contributed by atoms with Gasteiger partial charge in [-0.2, -0.15) is 5.10 Å². The standard InChI is InChI=1S/C15H13ClN2O4/c16-9-3-8(10-5-11(14(19)20)18-17-10)4-12-13(9)22-7-15(1-2-15)6-21-12/h3-5H,1-2,6-7H2,(H,17,18)(H,19,20). The van der Waals surface area contributed by atoms with Gasteiger partial charge in [-0.3, -0.25) is 5.10 Å². The smallest absolute Gasteiger partial charge is 0.353 e. The van der Waals surface area contributed by atoms with Crippen LogP contribution < -0.4 is 9.47 Å². The lowest BCUT2D eigenvalue weighted by Crippen LogP contribution is -2.17. The van der Waals surface area contributed by atoms with Crippen LogP contribution in [0, 0.1) is 5.41 Å². The van der Waals surface area contributed by atoms with E-state index < -0.39 is 5.97 Å². The van der Waals surface area contributed by atoms with Gasteiger partial charge in [0.2, 0.25) is 0 Å².